The van der Waals surface area contributed by atoms with Crippen molar-refractivity contribution in [2.45, 2.75) is 26.4 Å². The predicted molar refractivity (Wildman–Crippen MR) is 68.5 cm³/mol. The van der Waals surface area contributed by atoms with Crippen molar-refractivity contribution in [3.63, 3.8) is 0 Å². The van der Waals surface area contributed by atoms with Crippen LogP contribution < -0.4 is 5.32 Å². The molecular formula is C11H13BrN2OS. The third-order valence-corrected chi connectivity index (χ3v) is 3.61. The van der Waals surface area contributed by atoms with Gasteiger partial charge in [0.1, 0.15) is 5.76 Å². The average molecular weight is 301 g/mol. The number of thiazole rings is 1. The SMILES string of the molecule is Cc1ncc(CNC(C)c2ccc(Br)o2)s1. The highest BCUT2D eigenvalue weighted by Crippen LogP contribution is 2.21. The minimum Gasteiger partial charge on any atom is -0.453 e. The lowest BCUT2D eigenvalue weighted by atomic mass is 10.2. The van der Waals surface area contributed by atoms with E-state index in [0.29, 0.717) is 0 Å². The number of aromatic nitrogens is 1. The van der Waals surface area contributed by atoms with E-state index in [1.54, 1.807) is 11.3 Å². The third-order valence-electron chi connectivity index (χ3n) is 2.27. The number of nitrogens with zero attached hydrogens (tertiary/aromatic N) is 1. The summed E-state index contributed by atoms with van der Waals surface area (Å²) >= 11 is 5.01. The Labute approximate surface area is 107 Å². The second kappa shape index (κ2) is 5.12. The van der Waals surface area contributed by atoms with Gasteiger partial charge < -0.3 is 9.73 Å². The molecule has 5 heteroatoms. The molecule has 0 radical (unpaired) electrons. The van der Waals surface area contributed by atoms with Gasteiger partial charge in [0.05, 0.1) is 11.0 Å². The molecule has 0 aliphatic heterocycles. The van der Waals surface area contributed by atoms with Crippen LogP contribution in [0.4, 0.5) is 0 Å². The Hall–Kier alpha value is -0.650. The van der Waals surface area contributed by atoms with Crippen LogP contribution in [0.15, 0.2) is 27.4 Å². The van der Waals surface area contributed by atoms with Gasteiger partial charge in [0.2, 0.25) is 0 Å². The van der Waals surface area contributed by atoms with Crippen LogP contribution in [-0.2, 0) is 6.54 Å². The van der Waals surface area contributed by atoms with Crippen LogP contribution in [0.25, 0.3) is 0 Å². The highest BCUT2D eigenvalue weighted by molar-refractivity contribution is 9.10. The molecule has 2 rings (SSSR count). The van der Waals surface area contributed by atoms with Crippen LogP contribution in [0.1, 0.15) is 28.6 Å². The Morgan fingerprint density at radius 3 is 2.94 bits per heavy atom. The van der Waals surface area contributed by atoms with E-state index in [0.717, 1.165) is 22.0 Å². The van der Waals surface area contributed by atoms with Gasteiger partial charge in [-0.15, -0.1) is 11.3 Å². The molecule has 2 aromatic rings. The molecule has 0 aliphatic rings. The van der Waals surface area contributed by atoms with Crippen molar-refractivity contribution >= 4 is 27.3 Å². The molecule has 0 amide bonds. The highest BCUT2D eigenvalue weighted by atomic mass is 79.9. The van der Waals surface area contributed by atoms with Crippen LogP contribution in [-0.4, -0.2) is 4.98 Å². The van der Waals surface area contributed by atoms with Crippen molar-refractivity contribution in [2.75, 3.05) is 0 Å². The molecule has 1 N–H and O–H groups in total. The molecule has 2 aromatic heterocycles. The van der Waals surface area contributed by atoms with Crippen molar-refractivity contribution in [2.24, 2.45) is 0 Å². The van der Waals surface area contributed by atoms with E-state index >= 15 is 0 Å². The summed E-state index contributed by atoms with van der Waals surface area (Å²) in [5.74, 6) is 0.938. The first-order chi connectivity index (χ1) is 7.65. The van der Waals surface area contributed by atoms with Gasteiger partial charge in [-0.25, -0.2) is 4.98 Å². The second-order valence-electron chi connectivity index (χ2n) is 3.59. The van der Waals surface area contributed by atoms with Crippen LogP contribution in [0.3, 0.4) is 0 Å². The monoisotopic (exact) mass is 300 g/mol. The largest absolute Gasteiger partial charge is 0.453 e. The number of nitrogens with one attached hydrogen (secondary N) is 1. The summed E-state index contributed by atoms with van der Waals surface area (Å²) in [6.45, 7) is 4.92. The molecule has 0 fully saturated rings. The molecule has 2 heterocycles. The molecule has 0 bridgehead atoms. The highest BCUT2D eigenvalue weighted by Gasteiger charge is 2.09. The van der Waals surface area contributed by atoms with Crippen LogP contribution >= 0.6 is 27.3 Å². The fourth-order valence-corrected chi connectivity index (χ4v) is 2.47. The Kier molecular flexibility index (Phi) is 3.78. The van der Waals surface area contributed by atoms with E-state index in [9.17, 15) is 0 Å². The first-order valence-corrected chi connectivity index (χ1v) is 6.66. The molecule has 0 saturated heterocycles. The van der Waals surface area contributed by atoms with Crippen LogP contribution in [0, 0.1) is 6.92 Å². The van der Waals surface area contributed by atoms with E-state index in [1.807, 2.05) is 25.3 Å². The molecule has 16 heavy (non-hydrogen) atoms. The van der Waals surface area contributed by atoms with Crippen molar-refractivity contribution < 1.29 is 4.42 Å². The Balaban J connectivity index is 1.91. The zero-order valence-electron chi connectivity index (χ0n) is 9.16. The average Bonchev–Trinajstić information content (AvgIpc) is 2.84. The van der Waals surface area contributed by atoms with E-state index in [1.165, 1.54) is 4.88 Å². The third kappa shape index (κ3) is 2.93. The number of rotatable bonds is 4. The first kappa shape index (κ1) is 11.8. The maximum absolute atomic E-state index is 5.48. The van der Waals surface area contributed by atoms with Gasteiger partial charge in [-0.2, -0.15) is 0 Å². The zero-order valence-corrected chi connectivity index (χ0v) is 11.6. The predicted octanol–water partition coefficient (Wildman–Crippen LogP) is 3.66. The van der Waals surface area contributed by atoms with Gasteiger partial charge in [-0.3, -0.25) is 0 Å². The zero-order chi connectivity index (χ0) is 11.5. The smallest absolute Gasteiger partial charge is 0.169 e. The maximum atomic E-state index is 5.48. The Bertz CT molecular complexity index is 466. The number of hydrogen-bond acceptors (Lipinski definition) is 4. The van der Waals surface area contributed by atoms with Crippen molar-refractivity contribution in [1.29, 1.82) is 0 Å². The molecule has 0 spiro atoms. The molecule has 0 aliphatic carbocycles. The molecule has 1 unspecified atom stereocenters. The Morgan fingerprint density at radius 2 is 2.38 bits per heavy atom. The van der Waals surface area contributed by atoms with Crippen LogP contribution in [0.5, 0.6) is 0 Å². The van der Waals surface area contributed by atoms with Crippen LogP contribution in [0.2, 0.25) is 0 Å². The van der Waals surface area contributed by atoms with E-state index in [-0.39, 0.29) is 6.04 Å². The number of aryl methyl sites for hydroxylation is 1. The number of halogens is 1. The fourth-order valence-electron chi connectivity index (χ4n) is 1.40. The van der Waals surface area contributed by atoms with Crippen molar-refractivity contribution in [3.8, 4) is 0 Å². The lowest BCUT2D eigenvalue weighted by Gasteiger charge is -2.09. The van der Waals surface area contributed by atoms with E-state index in [2.05, 4.69) is 33.2 Å². The molecule has 1 atom stereocenters. The Morgan fingerprint density at radius 1 is 1.56 bits per heavy atom. The molecule has 86 valence electrons. The number of hydrogen-bond donors (Lipinski definition) is 1. The van der Waals surface area contributed by atoms with E-state index in [4.69, 9.17) is 4.42 Å². The summed E-state index contributed by atoms with van der Waals surface area (Å²) in [5, 5.41) is 4.50. The lowest BCUT2D eigenvalue weighted by molar-refractivity contribution is 0.418. The summed E-state index contributed by atoms with van der Waals surface area (Å²) in [5.41, 5.74) is 0. The van der Waals surface area contributed by atoms with E-state index < -0.39 is 0 Å². The number of furan rings is 1. The van der Waals surface area contributed by atoms with Gasteiger partial charge in [-0.05, 0) is 41.9 Å². The topological polar surface area (TPSA) is 38.1 Å². The summed E-state index contributed by atoms with van der Waals surface area (Å²) in [6, 6.07) is 4.08. The van der Waals surface area contributed by atoms with Crippen molar-refractivity contribution in [3.05, 3.63) is 38.6 Å². The normalized spacial score (nSPS) is 12.9. The lowest BCUT2D eigenvalue weighted by Crippen LogP contribution is -2.16. The fraction of sp³-hybridized carbons (Fsp3) is 0.364. The quantitative estimate of drug-likeness (QED) is 0.936. The summed E-state index contributed by atoms with van der Waals surface area (Å²) < 4.78 is 6.25. The van der Waals surface area contributed by atoms with Gasteiger partial charge in [0.15, 0.2) is 4.67 Å². The van der Waals surface area contributed by atoms with Crippen molar-refractivity contribution in [1.82, 2.24) is 10.3 Å². The van der Waals surface area contributed by atoms with Gasteiger partial charge in [-0.1, -0.05) is 0 Å². The summed E-state index contributed by atoms with van der Waals surface area (Å²) in [4.78, 5) is 5.46. The summed E-state index contributed by atoms with van der Waals surface area (Å²) in [6.07, 6.45) is 1.91. The first-order valence-electron chi connectivity index (χ1n) is 5.05. The van der Waals surface area contributed by atoms with Gasteiger partial charge in [0, 0.05) is 17.6 Å². The molecule has 0 saturated carbocycles. The maximum Gasteiger partial charge on any atom is 0.169 e. The minimum absolute atomic E-state index is 0.203. The van der Waals surface area contributed by atoms with Gasteiger partial charge >= 0.3 is 0 Å². The molecular weight excluding hydrogens is 288 g/mol. The molecule has 3 nitrogen and oxygen atoms in total. The second-order valence-corrected chi connectivity index (χ2v) is 5.69. The van der Waals surface area contributed by atoms with Gasteiger partial charge in [0.25, 0.3) is 0 Å². The molecule has 0 aromatic carbocycles. The minimum atomic E-state index is 0.203. The summed E-state index contributed by atoms with van der Waals surface area (Å²) in [7, 11) is 0. The standard InChI is InChI=1S/C11H13BrN2OS/c1-7(10-3-4-11(12)15-10)13-5-9-6-14-8(2)16-9/h3-4,6-7,13H,5H2,1-2H3.